The van der Waals surface area contributed by atoms with Crippen LogP contribution in [0.3, 0.4) is 0 Å². The van der Waals surface area contributed by atoms with Gasteiger partial charge in [-0.05, 0) is 17.7 Å². The first kappa shape index (κ1) is 13.6. The van der Waals surface area contributed by atoms with E-state index >= 15 is 0 Å². The van der Waals surface area contributed by atoms with Gasteiger partial charge in [-0.1, -0.05) is 17.2 Å². The van der Waals surface area contributed by atoms with Gasteiger partial charge in [0.2, 0.25) is 0 Å². The molecule has 1 heterocycles. The zero-order valence-electron chi connectivity index (χ0n) is 10.5. The molecule has 98 valence electrons. The van der Waals surface area contributed by atoms with E-state index in [0.717, 1.165) is 0 Å². The van der Waals surface area contributed by atoms with Crippen molar-refractivity contribution < 1.29 is 4.74 Å². The molecule has 0 spiro atoms. The summed E-state index contributed by atoms with van der Waals surface area (Å²) >= 11 is 5.03. The van der Waals surface area contributed by atoms with Crippen molar-refractivity contribution in [2.75, 3.05) is 12.8 Å². The van der Waals surface area contributed by atoms with Gasteiger partial charge in [0.15, 0.2) is 0 Å². The highest BCUT2D eigenvalue weighted by Crippen LogP contribution is 2.32. The Hall–Kier alpha value is -2.83. The number of rotatable bonds is 2. The number of hydrogen-bond donors (Lipinski definition) is 1. The molecule has 1 aromatic carbocycles. The third kappa shape index (κ3) is 2.20. The molecule has 0 saturated carbocycles. The number of nitrogens with zero attached hydrogens (tertiary/aromatic N) is 3. The maximum atomic E-state index is 9.24. The van der Waals surface area contributed by atoms with Crippen LogP contribution in [0.5, 0.6) is 5.75 Å². The van der Waals surface area contributed by atoms with Crippen LogP contribution in [0, 0.1) is 22.7 Å². The topological polar surface area (TPSA) is 95.7 Å². The number of pyridine rings is 1. The third-order valence-corrected chi connectivity index (χ3v) is 3.09. The molecule has 5 nitrogen and oxygen atoms in total. The van der Waals surface area contributed by atoms with Gasteiger partial charge in [0.05, 0.1) is 18.7 Å². The molecular formula is C14H9N4OS-. The van der Waals surface area contributed by atoms with Crippen LogP contribution in [0.2, 0.25) is 0 Å². The minimum Gasteiger partial charge on any atom is -0.759 e. The highest BCUT2D eigenvalue weighted by molar-refractivity contribution is 7.58. The fourth-order valence-corrected chi connectivity index (χ4v) is 2.09. The number of nitrogen functional groups attached to an aromatic ring is 1. The lowest BCUT2D eigenvalue weighted by molar-refractivity contribution is 0.415. The van der Waals surface area contributed by atoms with Gasteiger partial charge in [-0.15, -0.1) is 0 Å². The molecule has 6 heteroatoms. The van der Waals surface area contributed by atoms with Gasteiger partial charge in [-0.3, -0.25) is 4.98 Å². The normalized spacial score (nSPS) is 9.55. The maximum absolute atomic E-state index is 9.24. The van der Waals surface area contributed by atoms with Crippen LogP contribution in [-0.4, -0.2) is 12.1 Å². The molecule has 2 N–H and O–H groups in total. The number of hydrogen-bond acceptors (Lipinski definition) is 6. The van der Waals surface area contributed by atoms with Gasteiger partial charge in [0.25, 0.3) is 0 Å². The summed E-state index contributed by atoms with van der Waals surface area (Å²) in [5.41, 5.74) is 7.12. The average molecular weight is 281 g/mol. The second kappa shape index (κ2) is 5.43. The van der Waals surface area contributed by atoms with Gasteiger partial charge in [0.1, 0.15) is 23.2 Å². The first-order chi connectivity index (χ1) is 9.62. The molecule has 2 aromatic rings. The number of methoxy groups -OCH3 is 1. The van der Waals surface area contributed by atoms with Crippen LogP contribution < -0.4 is 10.5 Å². The Labute approximate surface area is 121 Å². The largest absolute Gasteiger partial charge is 0.759 e. The van der Waals surface area contributed by atoms with Crippen molar-refractivity contribution in [1.29, 1.82) is 10.5 Å². The second-order valence-electron chi connectivity index (χ2n) is 3.88. The van der Waals surface area contributed by atoms with E-state index < -0.39 is 0 Å². The Kier molecular flexibility index (Phi) is 3.69. The van der Waals surface area contributed by atoms with Crippen LogP contribution in [0.15, 0.2) is 29.3 Å². The fourth-order valence-electron chi connectivity index (χ4n) is 1.84. The van der Waals surface area contributed by atoms with Crippen LogP contribution >= 0.6 is 0 Å². The Morgan fingerprint density at radius 2 is 1.75 bits per heavy atom. The van der Waals surface area contributed by atoms with Gasteiger partial charge in [-0.25, -0.2) is 0 Å². The van der Waals surface area contributed by atoms with Crippen molar-refractivity contribution in [3.63, 3.8) is 0 Å². The molecule has 0 radical (unpaired) electrons. The molecule has 0 atom stereocenters. The van der Waals surface area contributed by atoms with E-state index in [1.165, 1.54) is 0 Å². The van der Waals surface area contributed by atoms with E-state index in [9.17, 15) is 10.5 Å². The third-order valence-electron chi connectivity index (χ3n) is 2.79. The van der Waals surface area contributed by atoms with E-state index in [-0.39, 0.29) is 22.0 Å². The molecule has 0 aliphatic carbocycles. The summed E-state index contributed by atoms with van der Waals surface area (Å²) in [6, 6.07) is 10.9. The first-order valence-electron chi connectivity index (χ1n) is 5.57. The minimum atomic E-state index is 0.0299. The van der Waals surface area contributed by atoms with Crippen molar-refractivity contribution in [1.82, 2.24) is 4.98 Å². The van der Waals surface area contributed by atoms with Crippen molar-refractivity contribution in [3.05, 3.63) is 35.4 Å². The van der Waals surface area contributed by atoms with Crippen LogP contribution in [0.25, 0.3) is 11.1 Å². The Balaban J connectivity index is 2.77. The fraction of sp³-hybridized carbons (Fsp3) is 0.0714. The molecule has 2 rings (SSSR count). The summed E-state index contributed by atoms with van der Waals surface area (Å²) in [7, 11) is 1.56. The van der Waals surface area contributed by atoms with E-state index in [4.69, 9.17) is 23.1 Å². The predicted molar refractivity (Wildman–Crippen MR) is 75.7 cm³/mol. The number of anilines is 1. The molecule has 0 aliphatic heterocycles. The molecule has 1 aromatic heterocycles. The molecule has 0 bridgehead atoms. The number of nitrogens with two attached hydrogens (primary N) is 1. The Bertz CT molecular complexity index is 703. The van der Waals surface area contributed by atoms with Gasteiger partial charge >= 0.3 is 0 Å². The highest BCUT2D eigenvalue weighted by Gasteiger charge is 2.15. The van der Waals surface area contributed by atoms with Crippen LogP contribution in [-0.2, 0) is 12.6 Å². The highest BCUT2D eigenvalue weighted by atomic mass is 32.1. The summed E-state index contributed by atoms with van der Waals surface area (Å²) < 4.78 is 5.08. The van der Waals surface area contributed by atoms with E-state index in [1.807, 2.05) is 12.1 Å². The second-order valence-corrected chi connectivity index (χ2v) is 4.27. The molecular weight excluding hydrogens is 272 g/mol. The van der Waals surface area contributed by atoms with Crippen LogP contribution in [0.4, 0.5) is 5.82 Å². The Morgan fingerprint density at radius 1 is 1.15 bits per heavy atom. The van der Waals surface area contributed by atoms with Crippen LogP contribution in [0.1, 0.15) is 11.1 Å². The number of benzene rings is 1. The van der Waals surface area contributed by atoms with E-state index in [1.54, 1.807) is 31.4 Å². The number of ether oxygens (including phenoxy) is 1. The summed E-state index contributed by atoms with van der Waals surface area (Å²) in [5.74, 6) is 0.703. The molecule has 0 saturated heterocycles. The SMILES string of the molecule is COc1ccc(-c2c(C#N)c(N)nc([S-])c2C#N)cc1. The average Bonchev–Trinajstić information content (AvgIpc) is 2.46. The quantitative estimate of drug-likeness (QED) is 0.846. The zero-order chi connectivity index (χ0) is 14.7. The van der Waals surface area contributed by atoms with Gasteiger partial charge in [-0.2, -0.15) is 10.5 Å². The molecule has 20 heavy (non-hydrogen) atoms. The molecule has 0 amide bonds. The predicted octanol–water partition coefficient (Wildman–Crippen LogP) is 1.99. The summed E-state index contributed by atoms with van der Waals surface area (Å²) in [6.07, 6.45) is 0. The maximum Gasteiger partial charge on any atom is 0.140 e. The lowest BCUT2D eigenvalue weighted by atomic mass is 9.97. The number of aromatic nitrogens is 1. The lowest BCUT2D eigenvalue weighted by Gasteiger charge is -2.16. The first-order valence-corrected chi connectivity index (χ1v) is 5.98. The van der Waals surface area contributed by atoms with E-state index in [0.29, 0.717) is 16.9 Å². The number of nitriles is 2. The lowest BCUT2D eigenvalue weighted by Crippen LogP contribution is -2.03. The van der Waals surface area contributed by atoms with Gasteiger partial charge in [0, 0.05) is 5.56 Å². The standard InChI is InChI=1S/C14H10N4OS/c1-19-9-4-2-8(3-5-9)12-10(6-15)13(17)18-14(20)11(12)7-16/h2-5H,1H3,(H3,17,18,20)/p-1. The Morgan fingerprint density at radius 3 is 2.25 bits per heavy atom. The van der Waals surface area contributed by atoms with Crippen molar-refractivity contribution in [2.45, 2.75) is 5.03 Å². The minimum absolute atomic E-state index is 0.0299. The van der Waals surface area contributed by atoms with E-state index in [2.05, 4.69) is 4.98 Å². The summed E-state index contributed by atoms with van der Waals surface area (Å²) in [4.78, 5) is 3.86. The smallest absolute Gasteiger partial charge is 0.140 e. The zero-order valence-corrected chi connectivity index (χ0v) is 11.4. The van der Waals surface area contributed by atoms with Crippen molar-refractivity contribution >= 4 is 18.4 Å². The summed E-state index contributed by atoms with van der Waals surface area (Å²) in [6.45, 7) is 0. The van der Waals surface area contributed by atoms with Crippen molar-refractivity contribution in [3.8, 4) is 29.0 Å². The van der Waals surface area contributed by atoms with Crippen molar-refractivity contribution in [2.24, 2.45) is 0 Å². The molecule has 0 unspecified atom stereocenters. The molecule has 0 fully saturated rings. The van der Waals surface area contributed by atoms with Gasteiger partial charge < -0.3 is 23.1 Å². The monoisotopic (exact) mass is 281 g/mol. The summed E-state index contributed by atoms with van der Waals surface area (Å²) in [5, 5.41) is 18.6. The molecule has 0 aliphatic rings.